The predicted molar refractivity (Wildman–Crippen MR) is 111 cm³/mol. The molecule has 0 bridgehead atoms. The van der Waals surface area contributed by atoms with Gasteiger partial charge >= 0.3 is 0 Å². The summed E-state index contributed by atoms with van der Waals surface area (Å²) < 4.78 is 20.7. The van der Waals surface area contributed by atoms with Crippen molar-refractivity contribution in [1.82, 2.24) is 9.38 Å². The Morgan fingerprint density at radius 3 is 2.77 bits per heavy atom. The van der Waals surface area contributed by atoms with Crippen molar-refractivity contribution >= 4 is 17.2 Å². The fraction of sp³-hybridized carbons (Fsp3) is 0.0870. The van der Waals surface area contributed by atoms with Crippen molar-refractivity contribution in [1.29, 1.82) is 0 Å². The van der Waals surface area contributed by atoms with Crippen LogP contribution in [0.1, 0.15) is 21.6 Å². The number of anilines is 1. The molecule has 30 heavy (non-hydrogen) atoms. The van der Waals surface area contributed by atoms with Crippen LogP contribution in [0.2, 0.25) is 0 Å². The lowest BCUT2D eigenvalue weighted by Crippen LogP contribution is -2.17. The fourth-order valence-corrected chi connectivity index (χ4v) is 3.05. The van der Waals surface area contributed by atoms with E-state index >= 15 is 0 Å². The first kappa shape index (κ1) is 19.3. The summed E-state index contributed by atoms with van der Waals surface area (Å²) in [4.78, 5) is 29.3. The first-order chi connectivity index (χ1) is 14.5. The van der Waals surface area contributed by atoms with Gasteiger partial charge < -0.3 is 10.1 Å². The van der Waals surface area contributed by atoms with Crippen molar-refractivity contribution < 1.29 is 13.9 Å². The fourth-order valence-electron chi connectivity index (χ4n) is 3.05. The van der Waals surface area contributed by atoms with Crippen LogP contribution in [-0.2, 0) is 6.61 Å². The minimum absolute atomic E-state index is 0.0485. The molecule has 0 atom stereocenters. The number of hydrogen-bond donors (Lipinski definition) is 1. The predicted octanol–water partition coefficient (Wildman–Crippen LogP) is 3.97. The summed E-state index contributed by atoms with van der Waals surface area (Å²) in [7, 11) is 0. The van der Waals surface area contributed by atoms with Crippen molar-refractivity contribution in [2.75, 3.05) is 5.32 Å². The van der Waals surface area contributed by atoms with Crippen LogP contribution in [0.15, 0.2) is 77.7 Å². The van der Waals surface area contributed by atoms with E-state index in [0.717, 1.165) is 11.6 Å². The molecule has 0 saturated carbocycles. The molecule has 7 heteroatoms. The zero-order valence-electron chi connectivity index (χ0n) is 16.1. The van der Waals surface area contributed by atoms with Crippen LogP contribution in [0.4, 0.5) is 10.1 Å². The number of fused-ring (bicyclic) bond motifs is 1. The van der Waals surface area contributed by atoms with Gasteiger partial charge in [-0.3, -0.25) is 14.0 Å². The van der Waals surface area contributed by atoms with Crippen molar-refractivity contribution in [3.63, 3.8) is 0 Å². The molecule has 2 aromatic carbocycles. The highest BCUT2D eigenvalue weighted by atomic mass is 19.1. The van der Waals surface area contributed by atoms with Crippen molar-refractivity contribution in [2.45, 2.75) is 13.5 Å². The Hall–Kier alpha value is -4.00. The van der Waals surface area contributed by atoms with E-state index in [-0.39, 0.29) is 17.7 Å². The number of nitrogens with zero attached hydrogens (tertiary/aromatic N) is 2. The summed E-state index contributed by atoms with van der Waals surface area (Å²) in [5.74, 6) is -0.534. The number of amides is 1. The van der Waals surface area contributed by atoms with E-state index in [1.165, 1.54) is 28.7 Å². The van der Waals surface area contributed by atoms with Crippen LogP contribution in [0.5, 0.6) is 5.75 Å². The van der Waals surface area contributed by atoms with Gasteiger partial charge in [-0.2, -0.15) is 0 Å². The van der Waals surface area contributed by atoms with Gasteiger partial charge in [0.15, 0.2) is 0 Å². The van der Waals surface area contributed by atoms with Gasteiger partial charge in [0, 0.05) is 17.8 Å². The number of carbonyl (C=O) groups excluding carboxylic acids is 1. The molecule has 0 spiro atoms. The third-order valence-electron chi connectivity index (χ3n) is 4.54. The first-order valence-corrected chi connectivity index (χ1v) is 9.28. The van der Waals surface area contributed by atoms with Gasteiger partial charge in [0.1, 0.15) is 23.8 Å². The maximum atomic E-state index is 13.4. The van der Waals surface area contributed by atoms with Crippen LogP contribution in [0, 0.1) is 12.7 Å². The number of para-hydroxylation sites is 2. The number of aryl methyl sites for hydroxylation is 1. The Morgan fingerprint density at radius 1 is 1.10 bits per heavy atom. The molecule has 0 saturated heterocycles. The number of ether oxygens (including phenoxy) is 1. The van der Waals surface area contributed by atoms with Crippen molar-refractivity contribution in [3.05, 3.63) is 106 Å². The van der Waals surface area contributed by atoms with E-state index in [1.54, 1.807) is 36.5 Å². The Morgan fingerprint density at radius 2 is 1.93 bits per heavy atom. The van der Waals surface area contributed by atoms with E-state index in [4.69, 9.17) is 4.74 Å². The van der Waals surface area contributed by atoms with E-state index < -0.39 is 11.7 Å². The molecule has 0 aliphatic carbocycles. The van der Waals surface area contributed by atoms with Gasteiger partial charge in [-0.25, -0.2) is 9.37 Å². The highest BCUT2D eigenvalue weighted by Gasteiger charge is 2.11. The second-order valence-corrected chi connectivity index (χ2v) is 6.72. The number of halogens is 1. The Bertz CT molecular complexity index is 1300. The maximum Gasteiger partial charge on any atom is 0.258 e. The average molecular weight is 403 g/mol. The molecular formula is C23H18FN3O3. The van der Waals surface area contributed by atoms with Gasteiger partial charge in [0.25, 0.3) is 11.5 Å². The average Bonchev–Trinajstić information content (AvgIpc) is 2.74. The third kappa shape index (κ3) is 4.05. The molecule has 0 aliphatic heterocycles. The molecule has 0 radical (unpaired) electrons. The van der Waals surface area contributed by atoms with Crippen molar-refractivity contribution in [3.8, 4) is 5.75 Å². The normalized spacial score (nSPS) is 10.7. The van der Waals surface area contributed by atoms with Crippen molar-refractivity contribution in [2.24, 2.45) is 0 Å². The lowest BCUT2D eigenvalue weighted by molar-refractivity contribution is 0.102. The Kier molecular flexibility index (Phi) is 5.26. The largest absolute Gasteiger partial charge is 0.485 e. The molecule has 150 valence electrons. The van der Waals surface area contributed by atoms with Crippen LogP contribution in [-0.4, -0.2) is 15.3 Å². The second-order valence-electron chi connectivity index (χ2n) is 6.72. The molecule has 0 fully saturated rings. The molecule has 6 nitrogen and oxygen atoms in total. The standard InChI is InChI=1S/C23H18FN3O3/c1-15-6-5-11-27-21(28)13-18(25-22(15)27)14-30-20-10-3-2-9-19(20)26-23(29)16-7-4-8-17(24)12-16/h2-13H,14H2,1H3,(H,26,29). The van der Waals surface area contributed by atoms with Crippen LogP contribution >= 0.6 is 0 Å². The number of rotatable bonds is 5. The Labute approximate surface area is 171 Å². The number of benzene rings is 2. The van der Waals surface area contributed by atoms with E-state index in [1.807, 2.05) is 13.0 Å². The SMILES string of the molecule is Cc1cccn2c(=O)cc(COc3ccccc3NC(=O)c3cccc(F)c3)nc12. The lowest BCUT2D eigenvalue weighted by Gasteiger charge is -2.13. The number of aromatic nitrogens is 2. The van der Waals surface area contributed by atoms with E-state index in [9.17, 15) is 14.0 Å². The molecule has 2 heterocycles. The first-order valence-electron chi connectivity index (χ1n) is 9.28. The number of carbonyl (C=O) groups is 1. The molecule has 4 rings (SSSR count). The molecule has 2 aromatic heterocycles. The quantitative estimate of drug-likeness (QED) is 0.547. The maximum absolute atomic E-state index is 13.4. The van der Waals surface area contributed by atoms with Gasteiger partial charge in [-0.1, -0.05) is 24.3 Å². The molecular weight excluding hydrogens is 385 g/mol. The molecule has 4 aromatic rings. The van der Waals surface area contributed by atoms with Gasteiger partial charge in [-0.05, 0) is 48.9 Å². The summed E-state index contributed by atoms with van der Waals surface area (Å²) >= 11 is 0. The second kappa shape index (κ2) is 8.16. The highest BCUT2D eigenvalue weighted by molar-refractivity contribution is 6.05. The topological polar surface area (TPSA) is 72.7 Å². The smallest absolute Gasteiger partial charge is 0.258 e. The van der Waals surface area contributed by atoms with E-state index in [2.05, 4.69) is 10.3 Å². The van der Waals surface area contributed by atoms with Gasteiger partial charge in [0.05, 0.1) is 11.4 Å². The summed E-state index contributed by atoms with van der Waals surface area (Å²) in [6.45, 7) is 1.93. The summed E-state index contributed by atoms with van der Waals surface area (Å²) in [5.41, 5.74) is 2.34. The zero-order valence-corrected chi connectivity index (χ0v) is 16.1. The third-order valence-corrected chi connectivity index (χ3v) is 4.54. The highest BCUT2D eigenvalue weighted by Crippen LogP contribution is 2.25. The minimum Gasteiger partial charge on any atom is -0.485 e. The number of pyridine rings is 1. The number of hydrogen-bond acceptors (Lipinski definition) is 4. The molecule has 0 unspecified atom stereocenters. The summed E-state index contributed by atoms with van der Waals surface area (Å²) in [5, 5.41) is 2.72. The van der Waals surface area contributed by atoms with Gasteiger partial charge in [-0.15, -0.1) is 0 Å². The molecule has 1 N–H and O–H groups in total. The summed E-state index contributed by atoms with van der Waals surface area (Å²) in [6, 6.07) is 17.4. The monoisotopic (exact) mass is 403 g/mol. The van der Waals surface area contributed by atoms with E-state index in [0.29, 0.717) is 22.8 Å². The molecule has 0 aliphatic rings. The van der Waals surface area contributed by atoms with Gasteiger partial charge in [0.2, 0.25) is 0 Å². The Balaban J connectivity index is 1.55. The molecule has 1 amide bonds. The van der Waals surface area contributed by atoms with Crippen LogP contribution in [0.3, 0.4) is 0 Å². The van der Waals surface area contributed by atoms with Crippen LogP contribution < -0.4 is 15.6 Å². The minimum atomic E-state index is -0.490. The number of nitrogens with one attached hydrogen (secondary N) is 1. The van der Waals surface area contributed by atoms with Crippen LogP contribution in [0.25, 0.3) is 5.65 Å². The lowest BCUT2D eigenvalue weighted by atomic mass is 10.2. The zero-order chi connectivity index (χ0) is 21.1. The summed E-state index contributed by atoms with van der Waals surface area (Å²) in [6.07, 6.45) is 1.67.